The second-order valence-corrected chi connectivity index (χ2v) is 7.37. The van der Waals surface area contributed by atoms with Gasteiger partial charge in [-0.05, 0) is 49.6 Å². The van der Waals surface area contributed by atoms with Crippen LogP contribution in [0.4, 0.5) is 0 Å². The Labute approximate surface area is 163 Å². The van der Waals surface area contributed by atoms with Crippen molar-refractivity contribution in [3.05, 3.63) is 35.2 Å². The predicted molar refractivity (Wildman–Crippen MR) is 101 cm³/mol. The van der Waals surface area contributed by atoms with E-state index in [1.54, 1.807) is 12.1 Å². The molecule has 2 N–H and O–H groups in total. The molecule has 1 aliphatic heterocycles. The number of aromatic nitrogens is 2. The Balaban J connectivity index is 0.00000196. The fraction of sp³-hybridized carbons (Fsp3) is 0.500. The first-order chi connectivity index (χ1) is 12.2. The molecule has 1 aliphatic carbocycles. The van der Waals surface area contributed by atoms with Crippen LogP contribution in [0.2, 0.25) is 5.02 Å². The summed E-state index contributed by atoms with van der Waals surface area (Å²) in [5, 5.41) is 11.0. The Hall–Kier alpha value is -1.63. The normalized spacial score (nSPS) is 24.6. The van der Waals surface area contributed by atoms with Gasteiger partial charge in [0.05, 0.1) is 12.0 Å². The van der Waals surface area contributed by atoms with Crippen molar-refractivity contribution in [2.75, 3.05) is 13.1 Å². The number of hydrogen-bond acceptors (Lipinski definition) is 5. The summed E-state index contributed by atoms with van der Waals surface area (Å²) in [7, 11) is 0. The number of carbonyl (C=O) groups excluding carboxylic acids is 1. The summed E-state index contributed by atoms with van der Waals surface area (Å²) >= 11 is 5.89. The van der Waals surface area contributed by atoms with Crippen molar-refractivity contribution in [2.45, 2.75) is 32.2 Å². The van der Waals surface area contributed by atoms with Crippen molar-refractivity contribution >= 4 is 29.9 Å². The van der Waals surface area contributed by atoms with Gasteiger partial charge in [-0.25, -0.2) is 0 Å². The van der Waals surface area contributed by atoms with Gasteiger partial charge < -0.3 is 15.2 Å². The standard InChI is InChI=1S/C18H21ClN4O2.ClH/c19-14-6-4-12(5-7-14)16-22-15(25-23-16)10-21-17(24)18-8-2-1-3-13(18)9-20-11-18;/h4-7,13,20H,1-3,8-11H2,(H,21,24);1H/t13-,18+;/m0./s1. The smallest absolute Gasteiger partial charge is 0.246 e. The van der Waals surface area contributed by atoms with Crippen LogP contribution in [0.3, 0.4) is 0 Å². The maximum atomic E-state index is 12.8. The summed E-state index contributed by atoms with van der Waals surface area (Å²) in [6.45, 7) is 1.96. The zero-order valence-corrected chi connectivity index (χ0v) is 15.9. The van der Waals surface area contributed by atoms with Crippen LogP contribution in [0.5, 0.6) is 0 Å². The lowest BCUT2D eigenvalue weighted by Crippen LogP contribution is -2.47. The number of nitrogens with one attached hydrogen (secondary N) is 2. The molecule has 2 atom stereocenters. The highest BCUT2D eigenvalue weighted by Crippen LogP contribution is 2.43. The van der Waals surface area contributed by atoms with Crippen LogP contribution in [-0.4, -0.2) is 29.1 Å². The fourth-order valence-electron chi connectivity index (χ4n) is 4.07. The molecule has 140 valence electrons. The maximum Gasteiger partial charge on any atom is 0.246 e. The molecule has 2 aromatic rings. The molecule has 0 unspecified atom stereocenters. The summed E-state index contributed by atoms with van der Waals surface area (Å²) < 4.78 is 5.27. The molecule has 2 heterocycles. The van der Waals surface area contributed by atoms with E-state index in [4.69, 9.17) is 16.1 Å². The van der Waals surface area contributed by atoms with Gasteiger partial charge in [-0.2, -0.15) is 4.98 Å². The van der Waals surface area contributed by atoms with Crippen LogP contribution < -0.4 is 10.6 Å². The van der Waals surface area contributed by atoms with Crippen LogP contribution in [0.15, 0.2) is 28.8 Å². The molecular weight excluding hydrogens is 375 g/mol. The Kier molecular flexibility index (Phi) is 5.85. The second-order valence-electron chi connectivity index (χ2n) is 6.93. The van der Waals surface area contributed by atoms with Crippen molar-refractivity contribution in [3.8, 4) is 11.4 Å². The van der Waals surface area contributed by atoms with Crippen molar-refractivity contribution in [1.29, 1.82) is 0 Å². The molecule has 0 bridgehead atoms. The summed E-state index contributed by atoms with van der Waals surface area (Å²) in [5.74, 6) is 1.45. The third-order valence-electron chi connectivity index (χ3n) is 5.46. The van der Waals surface area contributed by atoms with Crippen molar-refractivity contribution in [3.63, 3.8) is 0 Å². The predicted octanol–water partition coefficient (Wildman–Crippen LogP) is 3.21. The van der Waals surface area contributed by atoms with E-state index in [-0.39, 0.29) is 30.3 Å². The highest BCUT2D eigenvalue weighted by Gasteiger charge is 2.49. The molecule has 2 fully saturated rings. The molecule has 26 heavy (non-hydrogen) atoms. The zero-order chi connectivity index (χ0) is 17.3. The van der Waals surface area contributed by atoms with E-state index in [1.807, 2.05) is 12.1 Å². The van der Waals surface area contributed by atoms with Crippen LogP contribution in [-0.2, 0) is 11.3 Å². The van der Waals surface area contributed by atoms with E-state index in [9.17, 15) is 4.79 Å². The lowest BCUT2D eigenvalue weighted by atomic mass is 9.67. The number of nitrogens with zero attached hydrogens (tertiary/aromatic N) is 2. The van der Waals surface area contributed by atoms with Crippen LogP contribution >= 0.6 is 24.0 Å². The number of amides is 1. The Morgan fingerprint density at radius 1 is 1.35 bits per heavy atom. The molecule has 0 spiro atoms. The number of rotatable bonds is 4. The Bertz CT molecular complexity index is 765. The van der Waals surface area contributed by atoms with Crippen LogP contribution in [0.1, 0.15) is 31.6 Å². The zero-order valence-electron chi connectivity index (χ0n) is 14.3. The third-order valence-corrected chi connectivity index (χ3v) is 5.71. The first-order valence-electron chi connectivity index (χ1n) is 8.75. The molecule has 8 heteroatoms. The second kappa shape index (κ2) is 7.94. The van der Waals surface area contributed by atoms with E-state index < -0.39 is 0 Å². The van der Waals surface area contributed by atoms with Gasteiger partial charge in [0, 0.05) is 17.1 Å². The molecule has 1 amide bonds. The van der Waals surface area contributed by atoms with E-state index in [2.05, 4.69) is 20.8 Å². The van der Waals surface area contributed by atoms with E-state index in [0.717, 1.165) is 37.9 Å². The molecule has 0 radical (unpaired) electrons. The molecule has 1 saturated carbocycles. The van der Waals surface area contributed by atoms with Gasteiger partial charge in [-0.15, -0.1) is 12.4 Å². The minimum absolute atomic E-state index is 0. The van der Waals surface area contributed by atoms with Crippen molar-refractivity contribution < 1.29 is 9.32 Å². The molecule has 1 aromatic carbocycles. The van der Waals surface area contributed by atoms with Crippen LogP contribution in [0.25, 0.3) is 11.4 Å². The minimum atomic E-state index is -0.267. The SMILES string of the molecule is Cl.O=C(NCc1nc(-c2ccc(Cl)cc2)no1)[C@@]12CCCC[C@H]1CNC2. The van der Waals surface area contributed by atoms with Gasteiger partial charge in [0.15, 0.2) is 0 Å². The lowest BCUT2D eigenvalue weighted by molar-refractivity contribution is -0.134. The van der Waals surface area contributed by atoms with E-state index >= 15 is 0 Å². The molecular formula is C18H22Cl2N4O2. The summed E-state index contributed by atoms with van der Waals surface area (Å²) in [6.07, 6.45) is 4.42. The first-order valence-corrected chi connectivity index (χ1v) is 9.13. The Morgan fingerprint density at radius 3 is 2.96 bits per heavy atom. The van der Waals surface area contributed by atoms with Gasteiger partial charge in [-0.3, -0.25) is 4.79 Å². The monoisotopic (exact) mass is 396 g/mol. The first kappa shape index (κ1) is 19.1. The van der Waals surface area contributed by atoms with Crippen molar-refractivity contribution in [1.82, 2.24) is 20.8 Å². The highest BCUT2D eigenvalue weighted by molar-refractivity contribution is 6.30. The largest absolute Gasteiger partial charge is 0.346 e. The highest BCUT2D eigenvalue weighted by atomic mass is 35.5. The van der Waals surface area contributed by atoms with Gasteiger partial charge in [0.1, 0.15) is 0 Å². The topological polar surface area (TPSA) is 80.1 Å². The van der Waals surface area contributed by atoms with Crippen LogP contribution in [0, 0.1) is 11.3 Å². The fourth-order valence-corrected chi connectivity index (χ4v) is 4.19. The quantitative estimate of drug-likeness (QED) is 0.828. The number of fused-ring (bicyclic) bond motifs is 1. The number of halogens is 2. The molecule has 6 nitrogen and oxygen atoms in total. The summed E-state index contributed by atoms with van der Waals surface area (Å²) in [4.78, 5) is 17.2. The van der Waals surface area contributed by atoms with Gasteiger partial charge >= 0.3 is 0 Å². The third kappa shape index (κ3) is 3.59. The minimum Gasteiger partial charge on any atom is -0.346 e. The van der Waals surface area contributed by atoms with E-state index in [0.29, 0.717) is 22.7 Å². The lowest BCUT2D eigenvalue weighted by Gasteiger charge is -2.36. The van der Waals surface area contributed by atoms with Gasteiger partial charge in [-0.1, -0.05) is 29.6 Å². The molecule has 1 saturated heterocycles. The number of hydrogen-bond donors (Lipinski definition) is 2. The van der Waals surface area contributed by atoms with E-state index in [1.165, 1.54) is 6.42 Å². The molecule has 1 aromatic heterocycles. The number of benzene rings is 1. The summed E-state index contributed by atoms with van der Waals surface area (Å²) in [6, 6.07) is 7.24. The van der Waals surface area contributed by atoms with Gasteiger partial charge in [0.25, 0.3) is 0 Å². The molecule has 4 rings (SSSR count). The maximum absolute atomic E-state index is 12.8. The average molecular weight is 397 g/mol. The summed E-state index contributed by atoms with van der Waals surface area (Å²) in [5.41, 5.74) is 0.564. The molecule has 2 aliphatic rings. The average Bonchev–Trinajstić information content (AvgIpc) is 3.28. The van der Waals surface area contributed by atoms with Gasteiger partial charge in [0.2, 0.25) is 17.6 Å². The number of carbonyl (C=O) groups is 1. The Morgan fingerprint density at radius 2 is 2.15 bits per heavy atom. The van der Waals surface area contributed by atoms with Crippen molar-refractivity contribution in [2.24, 2.45) is 11.3 Å².